The van der Waals surface area contributed by atoms with Crippen molar-refractivity contribution in [3.8, 4) is 0 Å². The highest BCUT2D eigenvalue weighted by atomic mass is 32.2. The molecule has 96 valence electrons. The maximum atomic E-state index is 12.4. The Kier molecular flexibility index (Phi) is 5.73. The summed E-state index contributed by atoms with van der Waals surface area (Å²) < 4.78 is 37.4. The van der Waals surface area contributed by atoms with Crippen LogP contribution < -0.4 is 0 Å². The van der Waals surface area contributed by atoms with E-state index in [2.05, 4.69) is 13.8 Å². The van der Waals surface area contributed by atoms with Crippen LogP contribution in [0.1, 0.15) is 29.6 Å². The van der Waals surface area contributed by atoms with E-state index >= 15 is 0 Å². The molecule has 0 aromatic heterocycles. The monoisotopic (exact) mass is 280 g/mol. The fourth-order valence-corrected chi connectivity index (χ4v) is 3.88. The number of halogens is 3. The van der Waals surface area contributed by atoms with Crippen molar-refractivity contribution < 1.29 is 13.2 Å². The van der Waals surface area contributed by atoms with E-state index in [1.54, 1.807) is 35.7 Å². The molecular formula is C12H15F3S2. The molecule has 17 heavy (non-hydrogen) atoms. The van der Waals surface area contributed by atoms with Gasteiger partial charge >= 0.3 is 6.18 Å². The van der Waals surface area contributed by atoms with Crippen LogP contribution in [0.25, 0.3) is 0 Å². The summed E-state index contributed by atoms with van der Waals surface area (Å²) in [7, 11) is 0. The van der Waals surface area contributed by atoms with Crippen molar-refractivity contribution >= 4 is 23.5 Å². The standard InChI is InChI=1S/C12H15F3S2/c1-3-16-11(17-4-2)9-5-7-10(8-6-9)12(13,14)15/h5-8,11H,3-4H2,1-2H3. The topological polar surface area (TPSA) is 0 Å². The summed E-state index contributed by atoms with van der Waals surface area (Å²) in [6, 6.07) is 5.49. The third-order valence-corrected chi connectivity index (χ3v) is 4.78. The number of thioether (sulfide) groups is 2. The van der Waals surface area contributed by atoms with Crippen LogP contribution in [0.15, 0.2) is 24.3 Å². The molecule has 1 aromatic rings. The van der Waals surface area contributed by atoms with Gasteiger partial charge in [0.15, 0.2) is 0 Å². The highest BCUT2D eigenvalue weighted by Gasteiger charge is 2.30. The van der Waals surface area contributed by atoms with Crippen molar-refractivity contribution in [3.63, 3.8) is 0 Å². The second-order valence-electron chi connectivity index (χ2n) is 3.36. The maximum absolute atomic E-state index is 12.4. The minimum atomic E-state index is -4.25. The number of alkyl halides is 3. The predicted octanol–water partition coefficient (Wildman–Crippen LogP) is 5.21. The van der Waals surface area contributed by atoms with Crippen molar-refractivity contribution in [3.05, 3.63) is 35.4 Å². The lowest BCUT2D eigenvalue weighted by Crippen LogP contribution is -2.04. The van der Waals surface area contributed by atoms with Gasteiger partial charge in [-0.05, 0) is 29.2 Å². The van der Waals surface area contributed by atoms with Crippen molar-refractivity contribution in [2.24, 2.45) is 0 Å². The molecular weight excluding hydrogens is 265 g/mol. The summed E-state index contributed by atoms with van der Waals surface area (Å²) in [6.07, 6.45) is -4.25. The highest BCUT2D eigenvalue weighted by molar-refractivity contribution is 8.16. The Morgan fingerprint density at radius 1 is 1.00 bits per heavy atom. The van der Waals surface area contributed by atoms with Gasteiger partial charge in [0.05, 0.1) is 10.1 Å². The molecule has 0 saturated heterocycles. The molecule has 1 aromatic carbocycles. The van der Waals surface area contributed by atoms with Crippen molar-refractivity contribution in [2.75, 3.05) is 11.5 Å². The van der Waals surface area contributed by atoms with Gasteiger partial charge in [0, 0.05) is 0 Å². The van der Waals surface area contributed by atoms with Gasteiger partial charge in [0.2, 0.25) is 0 Å². The van der Waals surface area contributed by atoms with Crippen LogP contribution in [0, 0.1) is 0 Å². The first-order valence-corrected chi connectivity index (χ1v) is 7.49. The molecule has 0 aliphatic rings. The van der Waals surface area contributed by atoms with E-state index in [-0.39, 0.29) is 4.58 Å². The maximum Gasteiger partial charge on any atom is 0.416 e. The number of hydrogen-bond donors (Lipinski definition) is 0. The number of rotatable bonds is 5. The van der Waals surface area contributed by atoms with Gasteiger partial charge in [0.1, 0.15) is 0 Å². The van der Waals surface area contributed by atoms with E-state index in [1.165, 1.54) is 0 Å². The lowest BCUT2D eigenvalue weighted by Gasteiger charge is -2.15. The highest BCUT2D eigenvalue weighted by Crippen LogP contribution is 2.40. The van der Waals surface area contributed by atoms with Crippen molar-refractivity contribution in [2.45, 2.75) is 24.6 Å². The summed E-state index contributed by atoms with van der Waals surface area (Å²) in [5, 5.41) is 0. The van der Waals surface area contributed by atoms with E-state index in [0.717, 1.165) is 29.2 Å². The van der Waals surface area contributed by atoms with Gasteiger partial charge in [-0.15, -0.1) is 23.5 Å². The first kappa shape index (κ1) is 14.8. The molecule has 0 N–H and O–H groups in total. The van der Waals surface area contributed by atoms with Crippen LogP contribution in [-0.2, 0) is 6.18 Å². The molecule has 0 atom stereocenters. The normalized spacial score (nSPS) is 12.1. The zero-order valence-corrected chi connectivity index (χ0v) is 11.4. The molecule has 0 radical (unpaired) electrons. The second kappa shape index (κ2) is 6.59. The smallest absolute Gasteiger partial charge is 0.166 e. The van der Waals surface area contributed by atoms with Crippen LogP contribution in [0.3, 0.4) is 0 Å². The summed E-state index contributed by atoms with van der Waals surface area (Å²) in [6.45, 7) is 4.11. The van der Waals surface area contributed by atoms with Gasteiger partial charge in [-0.3, -0.25) is 0 Å². The number of hydrogen-bond acceptors (Lipinski definition) is 2. The molecule has 0 bridgehead atoms. The third kappa shape index (κ3) is 4.47. The van der Waals surface area contributed by atoms with E-state index in [4.69, 9.17) is 0 Å². The fourth-order valence-electron chi connectivity index (χ4n) is 1.37. The van der Waals surface area contributed by atoms with Gasteiger partial charge < -0.3 is 0 Å². The van der Waals surface area contributed by atoms with E-state index in [0.29, 0.717) is 0 Å². The van der Waals surface area contributed by atoms with E-state index < -0.39 is 11.7 Å². The zero-order valence-electron chi connectivity index (χ0n) is 9.75. The van der Waals surface area contributed by atoms with Gasteiger partial charge in [0.25, 0.3) is 0 Å². The van der Waals surface area contributed by atoms with Crippen molar-refractivity contribution in [1.29, 1.82) is 0 Å². The minimum Gasteiger partial charge on any atom is -0.166 e. The molecule has 0 spiro atoms. The Labute approximate surface area is 108 Å². The minimum absolute atomic E-state index is 0.229. The average Bonchev–Trinajstić information content (AvgIpc) is 2.28. The van der Waals surface area contributed by atoms with Gasteiger partial charge in [-0.25, -0.2) is 0 Å². The molecule has 5 heteroatoms. The van der Waals surface area contributed by atoms with Crippen LogP contribution in [0.4, 0.5) is 13.2 Å². The Hall–Kier alpha value is -0.290. The molecule has 0 fully saturated rings. The Balaban J connectivity index is 2.84. The molecule has 0 aliphatic carbocycles. The molecule has 0 nitrogen and oxygen atoms in total. The lowest BCUT2D eigenvalue weighted by molar-refractivity contribution is -0.137. The molecule has 0 unspecified atom stereocenters. The predicted molar refractivity (Wildman–Crippen MR) is 70.4 cm³/mol. The SMILES string of the molecule is CCSC(SCC)c1ccc(C(F)(F)F)cc1. The average molecular weight is 280 g/mol. The molecule has 0 amide bonds. The Morgan fingerprint density at radius 2 is 1.47 bits per heavy atom. The largest absolute Gasteiger partial charge is 0.416 e. The van der Waals surface area contributed by atoms with Gasteiger partial charge in [-0.1, -0.05) is 26.0 Å². The van der Waals surface area contributed by atoms with Crippen molar-refractivity contribution in [1.82, 2.24) is 0 Å². The summed E-state index contributed by atoms with van der Waals surface area (Å²) in [5.41, 5.74) is 0.375. The van der Waals surface area contributed by atoms with Crippen LogP contribution in [0.5, 0.6) is 0 Å². The molecule has 0 aliphatic heterocycles. The first-order chi connectivity index (χ1) is 7.99. The number of benzene rings is 1. The first-order valence-electron chi connectivity index (χ1n) is 5.39. The van der Waals surface area contributed by atoms with Gasteiger partial charge in [-0.2, -0.15) is 13.2 Å². The quantitative estimate of drug-likeness (QED) is 0.679. The second-order valence-corrected chi connectivity index (χ2v) is 6.42. The summed E-state index contributed by atoms with van der Waals surface area (Å²) in [4.78, 5) is 0. The Morgan fingerprint density at radius 3 is 1.82 bits per heavy atom. The van der Waals surface area contributed by atoms with E-state index in [1.807, 2.05) is 0 Å². The lowest BCUT2D eigenvalue weighted by atomic mass is 10.1. The molecule has 0 heterocycles. The molecule has 1 rings (SSSR count). The Bertz CT molecular complexity index is 327. The van der Waals surface area contributed by atoms with Crippen LogP contribution in [-0.4, -0.2) is 11.5 Å². The summed E-state index contributed by atoms with van der Waals surface area (Å²) >= 11 is 3.50. The summed E-state index contributed by atoms with van der Waals surface area (Å²) in [5.74, 6) is 1.91. The third-order valence-electron chi connectivity index (χ3n) is 2.15. The van der Waals surface area contributed by atoms with Crippen LogP contribution >= 0.6 is 23.5 Å². The fraction of sp³-hybridized carbons (Fsp3) is 0.500. The zero-order chi connectivity index (χ0) is 12.9. The molecule has 0 saturated carbocycles. The van der Waals surface area contributed by atoms with Crippen LogP contribution in [0.2, 0.25) is 0 Å². The van der Waals surface area contributed by atoms with E-state index in [9.17, 15) is 13.2 Å².